The van der Waals surface area contributed by atoms with Crippen molar-refractivity contribution in [2.45, 2.75) is 6.92 Å². The van der Waals surface area contributed by atoms with Crippen molar-refractivity contribution in [3.8, 4) is 11.5 Å². The number of ether oxygens (including phenoxy) is 1. The summed E-state index contributed by atoms with van der Waals surface area (Å²) >= 11 is 3.08. The third-order valence-corrected chi connectivity index (χ3v) is 2.92. The number of hydrogen-bond acceptors (Lipinski definition) is 2. The quantitative estimate of drug-likeness (QED) is 0.658. The van der Waals surface area contributed by atoms with Crippen LogP contribution in [0, 0.1) is 18.6 Å². The summed E-state index contributed by atoms with van der Waals surface area (Å²) < 4.78 is 32.4. The predicted molar refractivity (Wildman–Crippen MR) is 69.7 cm³/mol. The third-order valence-electron chi connectivity index (χ3n) is 2.46. The van der Waals surface area contributed by atoms with Crippen LogP contribution < -0.4 is 10.5 Å². The van der Waals surface area contributed by atoms with Gasteiger partial charge in [-0.2, -0.15) is 4.39 Å². The Morgan fingerprint density at radius 1 is 1.17 bits per heavy atom. The molecule has 0 aliphatic carbocycles. The molecular weight excluding hydrogens is 304 g/mol. The number of hydrogen-bond donors (Lipinski definition) is 1. The Kier molecular flexibility index (Phi) is 3.52. The fourth-order valence-electron chi connectivity index (χ4n) is 1.47. The Bertz CT molecular complexity index is 602. The maximum atomic E-state index is 13.5. The van der Waals surface area contributed by atoms with Crippen LogP contribution in [0.5, 0.6) is 11.5 Å². The molecule has 0 atom stereocenters. The molecule has 0 saturated carbocycles. The van der Waals surface area contributed by atoms with Crippen LogP contribution in [0.4, 0.5) is 14.5 Å². The van der Waals surface area contributed by atoms with E-state index >= 15 is 0 Å². The molecule has 0 spiro atoms. The van der Waals surface area contributed by atoms with E-state index in [9.17, 15) is 8.78 Å². The molecular formula is C13H10BrF2NO. The maximum absolute atomic E-state index is 13.5. The van der Waals surface area contributed by atoms with Crippen molar-refractivity contribution in [3.05, 3.63) is 52.0 Å². The zero-order chi connectivity index (χ0) is 13.3. The predicted octanol–water partition coefficient (Wildman–Crippen LogP) is 4.41. The van der Waals surface area contributed by atoms with E-state index in [2.05, 4.69) is 15.9 Å². The molecule has 2 aromatic rings. The lowest BCUT2D eigenvalue weighted by Crippen LogP contribution is -1.97. The summed E-state index contributed by atoms with van der Waals surface area (Å²) in [6, 6.07) is 7.51. The van der Waals surface area contributed by atoms with Crippen molar-refractivity contribution in [2.24, 2.45) is 0 Å². The molecule has 0 fully saturated rings. The second kappa shape index (κ2) is 4.94. The average Bonchev–Trinajstić information content (AvgIpc) is 2.31. The van der Waals surface area contributed by atoms with Gasteiger partial charge in [-0.15, -0.1) is 0 Å². The van der Waals surface area contributed by atoms with E-state index in [-0.39, 0.29) is 5.75 Å². The number of halogens is 3. The molecule has 0 aliphatic heterocycles. The highest BCUT2D eigenvalue weighted by Gasteiger charge is 2.13. The summed E-state index contributed by atoms with van der Waals surface area (Å²) in [7, 11) is 0. The van der Waals surface area contributed by atoms with Gasteiger partial charge in [0, 0.05) is 4.47 Å². The first-order chi connectivity index (χ1) is 8.49. The summed E-state index contributed by atoms with van der Waals surface area (Å²) in [5.74, 6) is -1.93. The van der Waals surface area contributed by atoms with Gasteiger partial charge < -0.3 is 10.5 Å². The van der Waals surface area contributed by atoms with Crippen LogP contribution in [-0.2, 0) is 0 Å². The van der Waals surface area contributed by atoms with Crippen molar-refractivity contribution in [3.63, 3.8) is 0 Å². The summed E-state index contributed by atoms with van der Waals surface area (Å²) in [6.07, 6.45) is 0. The SMILES string of the molecule is Cc1cccc(Oc2cc(Br)cc(F)c2F)c1N. The summed E-state index contributed by atoms with van der Waals surface area (Å²) in [5.41, 5.74) is 7.01. The minimum Gasteiger partial charge on any atom is -0.452 e. The number of aryl methyl sites for hydroxylation is 1. The highest BCUT2D eigenvalue weighted by Crippen LogP contribution is 2.33. The zero-order valence-corrected chi connectivity index (χ0v) is 11.1. The van der Waals surface area contributed by atoms with Crippen LogP contribution in [0.3, 0.4) is 0 Å². The van der Waals surface area contributed by atoms with Gasteiger partial charge in [-0.3, -0.25) is 0 Å². The second-order valence-electron chi connectivity index (χ2n) is 3.79. The highest BCUT2D eigenvalue weighted by molar-refractivity contribution is 9.10. The molecule has 2 aromatic carbocycles. The van der Waals surface area contributed by atoms with Crippen molar-refractivity contribution in [1.82, 2.24) is 0 Å². The van der Waals surface area contributed by atoms with Gasteiger partial charge in [-0.25, -0.2) is 4.39 Å². The number of nitrogen functional groups attached to an aromatic ring is 1. The molecule has 0 amide bonds. The standard InChI is InChI=1S/C13H10BrF2NO/c1-7-3-2-4-10(13(7)17)18-11-6-8(14)5-9(15)12(11)16/h2-6H,17H2,1H3. The van der Waals surface area contributed by atoms with Crippen molar-refractivity contribution >= 4 is 21.6 Å². The van der Waals surface area contributed by atoms with Gasteiger partial charge in [0.05, 0.1) is 5.69 Å². The van der Waals surface area contributed by atoms with Crippen molar-refractivity contribution in [2.75, 3.05) is 5.73 Å². The van der Waals surface area contributed by atoms with Crippen molar-refractivity contribution < 1.29 is 13.5 Å². The molecule has 18 heavy (non-hydrogen) atoms. The Hall–Kier alpha value is -1.62. The molecule has 0 radical (unpaired) electrons. The number of para-hydroxylation sites is 1. The molecule has 2 rings (SSSR count). The lowest BCUT2D eigenvalue weighted by atomic mass is 10.2. The minimum atomic E-state index is -1.04. The first-order valence-corrected chi connectivity index (χ1v) is 5.96. The summed E-state index contributed by atoms with van der Waals surface area (Å²) in [5, 5.41) is 0. The molecule has 94 valence electrons. The van der Waals surface area contributed by atoms with E-state index < -0.39 is 11.6 Å². The Labute approximate surface area is 112 Å². The molecule has 0 aromatic heterocycles. The van der Waals surface area contributed by atoms with E-state index in [1.165, 1.54) is 6.07 Å². The molecule has 0 aliphatic rings. The Morgan fingerprint density at radius 3 is 2.61 bits per heavy atom. The van der Waals surface area contributed by atoms with Gasteiger partial charge in [0.15, 0.2) is 17.3 Å². The number of anilines is 1. The van der Waals surface area contributed by atoms with Gasteiger partial charge in [0.1, 0.15) is 0 Å². The summed E-state index contributed by atoms with van der Waals surface area (Å²) in [6.45, 7) is 1.81. The Morgan fingerprint density at radius 2 is 1.89 bits per heavy atom. The fourth-order valence-corrected chi connectivity index (χ4v) is 1.88. The van der Waals surface area contributed by atoms with Crippen LogP contribution in [0.15, 0.2) is 34.8 Å². The first kappa shape index (κ1) is 12.8. The van der Waals surface area contributed by atoms with Crippen LogP contribution in [0.25, 0.3) is 0 Å². The molecule has 2 nitrogen and oxygen atoms in total. The van der Waals surface area contributed by atoms with E-state index in [4.69, 9.17) is 10.5 Å². The number of nitrogens with two attached hydrogens (primary N) is 1. The monoisotopic (exact) mass is 313 g/mol. The molecule has 0 bridgehead atoms. The average molecular weight is 314 g/mol. The normalized spacial score (nSPS) is 10.4. The second-order valence-corrected chi connectivity index (χ2v) is 4.70. The molecule has 0 unspecified atom stereocenters. The Balaban J connectivity index is 2.43. The van der Waals surface area contributed by atoms with Gasteiger partial charge in [-0.05, 0) is 30.7 Å². The number of rotatable bonds is 2. The highest BCUT2D eigenvalue weighted by atomic mass is 79.9. The smallest absolute Gasteiger partial charge is 0.201 e. The lowest BCUT2D eigenvalue weighted by Gasteiger charge is -2.11. The molecule has 0 saturated heterocycles. The largest absolute Gasteiger partial charge is 0.452 e. The van der Waals surface area contributed by atoms with E-state index in [1.54, 1.807) is 25.1 Å². The van der Waals surface area contributed by atoms with Gasteiger partial charge in [0.25, 0.3) is 0 Å². The first-order valence-electron chi connectivity index (χ1n) is 5.16. The maximum Gasteiger partial charge on any atom is 0.201 e. The molecule has 5 heteroatoms. The van der Waals surface area contributed by atoms with Gasteiger partial charge >= 0.3 is 0 Å². The van der Waals surface area contributed by atoms with Gasteiger partial charge in [-0.1, -0.05) is 28.1 Å². The van der Waals surface area contributed by atoms with E-state index in [1.807, 2.05) is 0 Å². The lowest BCUT2D eigenvalue weighted by molar-refractivity contribution is 0.416. The molecule has 0 heterocycles. The third kappa shape index (κ3) is 2.46. The van der Waals surface area contributed by atoms with Crippen LogP contribution in [-0.4, -0.2) is 0 Å². The van der Waals surface area contributed by atoms with Crippen LogP contribution in [0.2, 0.25) is 0 Å². The van der Waals surface area contributed by atoms with Crippen LogP contribution in [0.1, 0.15) is 5.56 Å². The van der Waals surface area contributed by atoms with E-state index in [0.717, 1.165) is 11.6 Å². The zero-order valence-electron chi connectivity index (χ0n) is 9.51. The topological polar surface area (TPSA) is 35.2 Å². The fraction of sp³-hybridized carbons (Fsp3) is 0.0769. The summed E-state index contributed by atoms with van der Waals surface area (Å²) in [4.78, 5) is 0. The molecule has 2 N–H and O–H groups in total. The van der Waals surface area contributed by atoms with Crippen LogP contribution >= 0.6 is 15.9 Å². The van der Waals surface area contributed by atoms with Gasteiger partial charge in [0.2, 0.25) is 5.82 Å². The minimum absolute atomic E-state index is 0.209. The number of benzene rings is 2. The van der Waals surface area contributed by atoms with Crippen molar-refractivity contribution in [1.29, 1.82) is 0 Å². The van der Waals surface area contributed by atoms with E-state index in [0.29, 0.717) is 15.9 Å².